The van der Waals surface area contributed by atoms with Crippen molar-refractivity contribution >= 4 is 17.7 Å². The predicted octanol–water partition coefficient (Wildman–Crippen LogP) is 0.754. The summed E-state index contributed by atoms with van der Waals surface area (Å²) in [5.74, 6) is 5.87. The fourth-order valence-corrected chi connectivity index (χ4v) is 1.32. The molecule has 1 amide bonds. The quantitative estimate of drug-likeness (QED) is 0.377. The number of nitrogens with two attached hydrogens (primary N) is 1. The van der Waals surface area contributed by atoms with Crippen molar-refractivity contribution < 1.29 is 4.79 Å². The van der Waals surface area contributed by atoms with E-state index in [1.54, 1.807) is 11.8 Å². The summed E-state index contributed by atoms with van der Waals surface area (Å²) in [7, 11) is 0. The zero-order valence-corrected chi connectivity index (χ0v) is 8.07. The lowest BCUT2D eigenvalue weighted by molar-refractivity contribution is -0.118. The highest BCUT2D eigenvalue weighted by Crippen LogP contribution is 2.17. The van der Waals surface area contributed by atoms with Gasteiger partial charge in [-0.2, -0.15) is 0 Å². The first kappa shape index (κ1) is 10.8. The lowest BCUT2D eigenvalue weighted by atomic mass is 10.2. The first-order valence-corrected chi connectivity index (χ1v) is 4.73. The van der Waals surface area contributed by atoms with Crippen LogP contribution in [-0.4, -0.2) is 16.9 Å². The van der Waals surface area contributed by atoms with Crippen LogP contribution >= 0.6 is 11.8 Å². The molecule has 4 heteroatoms. The molecule has 0 saturated carbocycles. The third kappa shape index (κ3) is 5.09. The number of thioether (sulfide) groups is 1. The van der Waals surface area contributed by atoms with Gasteiger partial charge >= 0.3 is 0 Å². The van der Waals surface area contributed by atoms with E-state index >= 15 is 0 Å². The number of carbonyl (C=O) groups is 1. The SMILES string of the molecule is CC(C)C(C)SCC(=O)NN. The molecule has 11 heavy (non-hydrogen) atoms. The minimum Gasteiger partial charge on any atom is -0.294 e. The van der Waals surface area contributed by atoms with Crippen LogP contribution in [0.5, 0.6) is 0 Å². The summed E-state index contributed by atoms with van der Waals surface area (Å²) in [5, 5.41) is 0.507. The Bertz CT molecular complexity index is 128. The number of carbonyl (C=O) groups excluding carboxylic acids is 1. The van der Waals surface area contributed by atoms with Crippen molar-refractivity contribution in [3.63, 3.8) is 0 Å². The molecule has 0 rings (SSSR count). The van der Waals surface area contributed by atoms with Gasteiger partial charge < -0.3 is 0 Å². The summed E-state index contributed by atoms with van der Waals surface area (Å²) in [6, 6.07) is 0. The predicted molar refractivity (Wildman–Crippen MR) is 49.1 cm³/mol. The average Bonchev–Trinajstić information content (AvgIpc) is 1.99. The van der Waals surface area contributed by atoms with E-state index < -0.39 is 0 Å². The molecule has 1 atom stereocenters. The van der Waals surface area contributed by atoms with Crippen LogP contribution in [0.25, 0.3) is 0 Å². The topological polar surface area (TPSA) is 55.1 Å². The fourth-order valence-electron chi connectivity index (χ4n) is 0.441. The Morgan fingerprint density at radius 1 is 1.55 bits per heavy atom. The molecule has 0 aromatic rings. The van der Waals surface area contributed by atoms with Gasteiger partial charge in [0.05, 0.1) is 5.75 Å². The van der Waals surface area contributed by atoms with Gasteiger partial charge in [-0.25, -0.2) is 5.84 Å². The van der Waals surface area contributed by atoms with Gasteiger partial charge in [-0.15, -0.1) is 11.8 Å². The first-order valence-electron chi connectivity index (χ1n) is 3.69. The van der Waals surface area contributed by atoms with Gasteiger partial charge in [-0.3, -0.25) is 10.2 Å². The Labute approximate surface area is 72.1 Å². The van der Waals surface area contributed by atoms with Crippen molar-refractivity contribution in [1.82, 2.24) is 5.43 Å². The Balaban J connectivity index is 3.45. The molecule has 66 valence electrons. The van der Waals surface area contributed by atoms with Crippen molar-refractivity contribution in [2.75, 3.05) is 5.75 Å². The molecule has 0 saturated heterocycles. The molecule has 0 spiro atoms. The second kappa shape index (κ2) is 5.43. The van der Waals surface area contributed by atoms with E-state index in [4.69, 9.17) is 5.84 Å². The smallest absolute Gasteiger partial charge is 0.243 e. The van der Waals surface area contributed by atoms with Gasteiger partial charge in [-0.1, -0.05) is 20.8 Å². The maximum absolute atomic E-state index is 10.7. The van der Waals surface area contributed by atoms with Crippen LogP contribution in [0.3, 0.4) is 0 Å². The van der Waals surface area contributed by atoms with Gasteiger partial charge in [0.15, 0.2) is 0 Å². The van der Waals surface area contributed by atoms with E-state index in [1.165, 1.54) is 0 Å². The van der Waals surface area contributed by atoms with Crippen LogP contribution in [0, 0.1) is 5.92 Å². The first-order chi connectivity index (χ1) is 5.07. The Morgan fingerprint density at radius 3 is 2.45 bits per heavy atom. The average molecular weight is 176 g/mol. The molecule has 0 aromatic carbocycles. The molecular weight excluding hydrogens is 160 g/mol. The zero-order chi connectivity index (χ0) is 8.85. The second-order valence-electron chi connectivity index (χ2n) is 2.83. The lowest BCUT2D eigenvalue weighted by Gasteiger charge is -2.13. The van der Waals surface area contributed by atoms with E-state index in [0.29, 0.717) is 16.9 Å². The van der Waals surface area contributed by atoms with Crippen LogP contribution in [-0.2, 0) is 4.79 Å². The maximum Gasteiger partial charge on any atom is 0.243 e. The molecule has 0 aliphatic rings. The second-order valence-corrected chi connectivity index (χ2v) is 4.19. The number of amides is 1. The van der Waals surface area contributed by atoms with Crippen LogP contribution in [0.15, 0.2) is 0 Å². The third-order valence-corrected chi connectivity index (χ3v) is 3.08. The van der Waals surface area contributed by atoms with Crippen molar-refractivity contribution in [1.29, 1.82) is 0 Å². The number of rotatable bonds is 4. The van der Waals surface area contributed by atoms with E-state index in [1.807, 2.05) is 0 Å². The Hall–Kier alpha value is -0.220. The molecule has 0 bridgehead atoms. The summed E-state index contributed by atoms with van der Waals surface area (Å²) in [6.45, 7) is 6.38. The molecule has 0 aromatic heterocycles. The lowest BCUT2D eigenvalue weighted by Crippen LogP contribution is -2.32. The Kier molecular flexibility index (Phi) is 5.32. The largest absolute Gasteiger partial charge is 0.294 e. The molecular formula is C7H16N2OS. The van der Waals surface area contributed by atoms with Crippen LogP contribution in [0.2, 0.25) is 0 Å². The van der Waals surface area contributed by atoms with Crippen molar-refractivity contribution in [3.05, 3.63) is 0 Å². The summed E-state index contributed by atoms with van der Waals surface area (Å²) in [5.41, 5.74) is 2.10. The van der Waals surface area contributed by atoms with Crippen LogP contribution in [0.1, 0.15) is 20.8 Å². The summed E-state index contributed by atoms with van der Waals surface area (Å²) in [4.78, 5) is 10.7. The van der Waals surface area contributed by atoms with Crippen LogP contribution in [0.4, 0.5) is 0 Å². The molecule has 1 unspecified atom stereocenters. The maximum atomic E-state index is 10.7. The summed E-state index contributed by atoms with van der Waals surface area (Å²) in [6.07, 6.45) is 0. The fraction of sp³-hybridized carbons (Fsp3) is 0.857. The van der Waals surface area contributed by atoms with Gasteiger partial charge in [0.1, 0.15) is 0 Å². The number of hydrazine groups is 1. The van der Waals surface area contributed by atoms with Crippen LogP contribution < -0.4 is 11.3 Å². The third-order valence-electron chi connectivity index (χ3n) is 1.58. The van der Waals surface area contributed by atoms with E-state index in [-0.39, 0.29) is 5.91 Å². The molecule has 3 nitrogen and oxygen atoms in total. The highest BCUT2D eigenvalue weighted by molar-refractivity contribution is 8.00. The molecule has 3 N–H and O–H groups in total. The van der Waals surface area contributed by atoms with Gasteiger partial charge in [0.2, 0.25) is 5.91 Å². The highest BCUT2D eigenvalue weighted by atomic mass is 32.2. The summed E-state index contributed by atoms with van der Waals surface area (Å²) >= 11 is 1.63. The van der Waals surface area contributed by atoms with E-state index in [9.17, 15) is 4.79 Å². The molecule has 0 heterocycles. The van der Waals surface area contributed by atoms with Crippen molar-refractivity contribution in [2.24, 2.45) is 11.8 Å². The molecule has 0 aliphatic heterocycles. The normalized spacial score (nSPS) is 13.2. The number of nitrogens with one attached hydrogen (secondary N) is 1. The number of hydrogen-bond donors (Lipinski definition) is 2. The van der Waals surface area contributed by atoms with Gasteiger partial charge in [0, 0.05) is 5.25 Å². The number of hydrogen-bond acceptors (Lipinski definition) is 3. The van der Waals surface area contributed by atoms with E-state index in [2.05, 4.69) is 26.2 Å². The standard InChI is InChI=1S/C7H16N2OS/c1-5(2)6(3)11-4-7(10)9-8/h5-6H,4,8H2,1-3H3,(H,9,10). The Morgan fingerprint density at radius 2 is 2.09 bits per heavy atom. The summed E-state index contributed by atoms with van der Waals surface area (Å²) < 4.78 is 0. The minimum absolute atomic E-state index is 0.109. The van der Waals surface area contributed by atoms with E-state index in [0.717, 1.165) is 0 Å². The van der Waals surface area contributed by atoms with Crippen molar-refractivity contribution in [3.8, 4) is 0 Å². The molecule has 0 radical (unpaired) electrons. The molecule has 0 aliphatic carbocycles. The van der Waals surface area contributed by atoms with Crippen molar-refractivity contribution in [2.45, 2.75) is 26.0 Å². The minimum atomic E-state index is -0.109. The van der Waals surface area contributed by atoms with Gasteiger partial charge in [0.25, 0.3) is 0 Å². The molecule has 0 fully saturated rings. The van der Waals surface area contributed by atoms with Gasteiger partial charge in [-0.05, 0) is 5.92 Å². The zero-order valence-electron chi connectivity index (χ0n) is 7.26. The highest BCUT2D eigenvalue weighted by Gasteiger charge is 2.08. The monoisotopic (exact) mass is 176 g/mol.